The molecule has 0 saturated carbocycles. The zero-order valence-electron chi connectivity index (χ0n) is 20.7. The minimum absolute atomic E-state index is 0.106. The van der Waals surface area contributed by atoms with Crippen LogP contribution >= 0.6 is 0 Å². The second-order valence-electron chi connectivity index (χ2n) is 8.30. The number of nitrogens with zero attached hydrogens (tertiary/aromatic N) is 3. The third-order valence-electron chi connectivity index (χ3n) is 5.48. The zero-order valence-corrected chi connectivity index (χ0v) is 20.7. The molecule has 0 radical (unpaired) electrons. The van der Waals surface area contributed by atoms with E-state index in [1.54, 1.807) is 36.3 Å². The zero-order chi connectivity index (χ0) is 25.2. The highest BCUT2D eigenvalue weighted by molar-refractivity contribution is 5.94. The Hall–Kier alpha value is -4.26. The third-order valence-corrected chi connectivity index (χ3v) is 5.48. The number of carbonyl (C=O) groups is 1. The van der Waals surface area contributed by atoms with Crippen molar-refractivity contribution in [3.8, 4) is 17.2 Å². The van der Waals surface area contributed by atoms with Crippen molar-refractivity contribution in [2.75, 3.05) is 26.9 Å². The highest BCUT2D eigenvalue weighted by Crippen LogP contribution is 2.29. The van der Waals surface area contributed by atoms with Crippen molar-refractivity contribution in [2.45, 2.75) is 20.0 Å². The monoisotopic (exact) mass is 485 g/mol. The molecule has 186 valence electrons. The van der Waals surface area contributed by atoms with Gasteiger partial charge >= 0.3 is 0 Å². The van der Waals surface area contributed by atoms with Crippen LogP contribution in [-0.4, -0.2) is 47.5 Å². The maximum absolute atomic E-state index is 13.1. The number of hydrogen-bond donors (Lipinski definition) is 0. The Labute approximate surface area is 211 Å². The molecule has 1 heterocycles. The fourth-order valence-electron chi connectivity index (χ4n) is 3.77. The van der Waals surface area contributed by atoms with Gasteiger partial charge in [-0.1, -0.05) is 48.5 Å². The summed E-state index contributed by atoms with van der Waals surface area (Å²) in [6.07, 6.45) is 3.77. The summed E-state index contributed by atoms with van der Waals surface area (Å²) in [6, 6.07) is 25.0. The number of aromatic nitrogens is 2. The number of rotatable bonds is 12. The minimum Gasteiger partial charge on any atom is -0.490 e. The lowest BCUT2D eigenvalue weighted by atomic mass is 10.1. The van der Waals surface area contributed by atoms with Gasteiger partial charge in [0.1, 0.15) is 19.0 Å². The average Bonchev–Trinajstić information content (AvgIpc) is 3.34. The molecule has 4 rings (SSSR count). The van der Waals surface area contributed by atoms with Crippen LogP contribution in [0.15, 0.2) is 91.3 Å². The van der Waals surface area contributed by atoms with Gasteiger partial charge in [-0.15, -0.1) is 0 Å². The average molecular weight is 486 g/mol. The number of carbonyl (C=O) groups excluding carboxylic acids is 1. The SMILES string of the molecule is CCOc1cc(C(=O)N(C)Cc2cnn(Cc3ccccc3)c2)ccc1OCCOc1ccccc1. The van der Waals surface area contributed by atoms with Gasteiger partial charge in [-0.3, -0.25) is 9.48 Å². The molecule has 0 bridgehead atoms. The van der Waals surface area contributed by atoms with Crippen LogP contribution < -0.4 is 14.2 Å². The summed E-state index contributed by atoms with van der Waals surface area (Å²) >= 11 is 0. The smallest absolute Gasteiger partial charge is 0.254 e. The van der Waals surface area contributed by atoms with E-state index in [0.29, 0.717) is 50.0 Å². The predicted molar refractivity (Wildman–Crippen MR) is 139 cm³/mol. The number of amides is 1. The highest BCUT2D eigenvalue weighted by Gasteiger charge is 2.16. The molecule has 0 saturated heterocycles. The van der Waals surface area contributed by atoms with E-state index in [9.17, 15) is 4.79 Å². The van der Waals surface area contributed by atoms with Gasteiger partial charge in [-0.25, -0.2) is 0 Å². The van der Waals surface area contributed by atoms with E-state index in [1.165, 1.54) is 5.56 Å². The van der Waals surface area contributed by atoms with Gasteiger partial charge < -0.3 is 19.1 Å². The first-order chi connectivity index (χ1) is 17.6. The number of ether oxygens (including phenoxy) is 3. The Morgan fingerprint density at radius 2 is 1.58 bits per heavy atom. The van der Waals surface area contributed by atoms with Crippen LogP contribution in [0.2, 0.25) is 0 Å². The number of hydrogen-bond acceptors (Lipinski definition) is 5. The van der Waals surface area contributed by atoms with Crippen molar-refractivity contribution in [2.24, 2.45) is 0 Å². The Morgan fingerprint density at radius 3 is 2.33 bits per heavy atom. The fourth-order valence-corrected chi connectivity index (χ4v) is 3.77. The number of para-hydroxylation sites is 1. The fraction of sp³-hybridized carbons (Fsp3) is 0.241. The Bertz CT molecular complexity index is 1240. The van der Waals surface area contributed by atoms with Gasteiger partial charge in [0, 0.05) is 30.9 Å². The lowest BCUT2D eigenvalue weighted by Crippen LogP contribution is -2.26. The van der Waals surface area contributed by atoms with Crippen LogP contribution in [0.4, 0.5) is 0 Å². The van der Waals surface area contributed by atoms with Crippen molar-refractivity contribution < 1.29 is 19.0 Å². The minimum atomic E-state index is -0.106. The summed E-state index contributed by atoms with van der Waals surface area (Å²) in [5, 5.41) is 4.43. The van der Waals surface area contributed by atoms with Crippen molar-refractivity contribution >= 4 is 5.91 Å². The molecule has 3 aromatic carbocycles. The molecular formula is C29H31N3O4. The summed E-state index contributed by atoms with van der Waals surface area (Å²) in [7, 11) is 1.78. The van der Waals surface area contributed by atoms with E-state index >= 15 is 0 Å². The van der Waals surface area contributed by atoms with Crippen LogP contribution in [0, 0.1) is 0 Å². The lowest BCUT2D eigenvalue weighted by molar-refractivity contribution is 0.0784. The normalized spacial score (nSPS) is 10.6. The van der Waals surface area contributed by atoms with Gasteiger partial charge in [0.15, 0.2) is 11.5 Å². The van der Waals surface area contributed by atoms with E-state index in [-0.39, 0.29) is 5.91 Å². The van der Waals surface area contributed by atoms with Gasteiger partial charge in [-0.2, -0.15) is 5.10 Å². The van der Waals surface area contributed by atoms with Gasteiger partial charge in [-0.05, 0) is 42.8 Å². The van der Waals surface area contributed by atoms with Gasteiger partial charge in [0.25, 0.3) is 5.91 Å². The molecule has 1 aromatic heterocycles. The molecule has 0 fully saturated rings. The first kappa shape index (κ1) is 24.9. The molecule has 0 atom stereocenters. The Kier molecular flexibility index (Phi) is 8.59. The van der Waals surface area contributed by atoms with E-state index in [2.05, 4.69) is 17.2 Å². The molecule has 0 spiro atoms. The van der Waals surface area contributed by atoms with E-state index < -0.39 is 0 Å². The van der Waals surface area contributed by atoms with Crippen molar-refractivity contribution in [3.05, 3.63) is 108 Å². The molecule has 4 aromatic rings. The quantitative estimate of drug-likeness (QED) is 0.263. The van der Waals surface area contributed by atoms with Crippen LogP contribution in [-0.2, 0) is 13.1 Å². The predicted octanol–water partition coefficient (Wildman–Crippen LogP) is 5.06. The largest absolute Gasteiger partial charge is 0.490 e. The Morgan fingerprint density at radius 1 is 0.861 bits per heavy atom. The maximum Gasteiger partial charge on any atom is 0.254 e. The molecule has 0 unspecified atom stereocenters. The van der Waals surface area contributed by atoms with Crippen molar-refractivity contribution in [1.82, 2.24) is 14.7 Å². The summed E-state index contributed by atoms with van der Waals surface area (Å²) in [4.78, 5) is 14.8. The summed E-state index contributed by atoms with van der Waals surface area (Å²) in [5.74, 6) is 1.80. The summed E-state index contributed by atoms with van der Waals surface area (Å²) in [5.41, 5.74) is 2.67. The van der Waals surface area contributed by atoms with E-state index in [4.69, 9.17) is 14.2 Å². The molecule has 0 aliphatic carbocycles. The van der Waals surface area contributed by atoms with E-state index in [0.717, 1.165) is 11.3 Å². The van der Waals surface area contributed by atoms with Gasteiger partial charge in [0.2, 0.25) is 0 Å². The van der Waals surface area contributed by atoms with Crippen LogP contribution in [0.5, 0.6) is 17.2 Å². The molecule has 7 heteroatoms. The molecular weight excluding hydrogens is 454 g/mol. The van der Waals surface area contributed by atoms with E-state index in [1.807, 2.05) is 66.3 Å². The molecule has 36 heavy (non-hydrogen) atoms. The molecule has 0 N–H and O–H groups in total. The molecule has 7 nitrogen and oxygen atoms in total. The molecule has 0 aliphatic rings. The topological polar surface area (TPSA) is 65.8 Å². The van der Waals surface area contributed by atoms with Crippen LogP contribution in [0.25, 0.3) is 0 Å². The third kappa shape index (κ3) is 6.88. The second-order valence-corrected chi connectivity index (χ2v) is 8.30. The summed E-state index contributed by atoms with van der Waals surface area (Å²) < 4.78 is 19.2. The van der Waals surface area contributed by atoms with Gasteiger partial charge in [0.05, 0.1) is 19.3 Å². The highest BCUT2D eigenvalue weighted by atomic mass is 16.5. The van der Waals surface area contributed by atoms with Crippen molar-refractivity contribution in [3.63, 3.8) is 0 Å². The standard InChI is InChI=1S/C29H31N3O4/c1-3-34-28-18-25(14-15-27(28)36-17-16-35-26-12-8-5-9-13-26)29(33)31(2)20-24-19-30-32(22-24)21-23-10-6-4-7-11-23/h4-15,18-19,22H,3,16-17,20-21H2,1-2H3. The first-order valence-corrected chi connectivity index (χ1v) is 12.0. The first-order valence-electron chi connectivity index (χ1n) is 12.0. The second kappa shape index (κ2) is 12.4. The number of benzene rings is 3. The molecule has 0 aliphatic heterocycles. The van der Waals surface area contributed by atoms with Crippen molar-refractivity contribution in [1.29, 1.82) is 0 Å². The summed E-state index contributed by atoms with van der Waals surface area (Å²) in [6.45, 7) is 4.26. The Balaban J connectivity index is 1.34. The lowest BCUT2D eigenvalue weighted by Gasteiger charge is -2.18. The van der Waals surface area contributed by atoms with Crippen LogP contribution in [0.1, 0.15) is 28.4 Å². The molecule has 1 amide bonds. The maximum atomic E-state index is 13.1. The van der Waals surface area contributed by atoms with Crippen LogP contribution in [0.3, 0.4) is 0 Å².